The van der Waals surface area contributed by atoms with Crippen LogP contribution in [0, 0.1) is 5.41 Å². The van der Waals surface area contributed by atoms with Gasteiger partial charge >= 0.3 is 0 Å². The molecule has 1 aromatic rings. The molecular weight excluding hydrogens is 326 g/mol. The summed E-state index contributed by atoms with van der Waals surface area (Å²) in [5, 5.41) is 3.16. The number of nitrogens with zero attached hydrogens (tertiary/aromatic N) is 1. The van der Waals surface area contributed by atoms with E-state index in [2.05, 4.69) is 34.5 Å². The molecule has 2 aliphatic heterocycles. The number of hydrogen-bond acceptors (Lipinski definition) is 4. The van der Waals surface area contributed by atoms with E-state index >= 15 is 0 Å². The minimum Gasteiger partial charge on any atom is -0.381 e. The smallest absolute Gasteiger partial charge is 0.227 e. The molecule has 2 aliphatic rings. The third-order valence-electron chi connectivity index (χ3n) is 5.97. The summed E-state index contributed by atoms with van der Waals surface area (Å²) >= 11 is 0. The van der Waals surface area contributed by atoms with Gasteiger partial charge in [-0.3, -0.25) is 9.69 Å². The molecule has 0 radical (unpaired) electrons. The monoisotopic (exact) mass is 359 g/mol. The second-order valence-electron chi connectivity index (χ2n) is 7.74. The van der Waals surface area contributed by atoms with Crippen LogP contribution in [0.1, 0.15) is 49.7 Å². The molecule has 144 valence electrons. The second kappa shape index (κ2) is 9.49. The first-order valence-corrected chi connectivity index (χ1v) is 10.1. The van der Waals surface area contributed by atoms with Crippen molar-refractivity contribution in [2.75, 3.05) is 32.8 Å². The van der Waals surface area contributed by atoms with E-state index in [4.69, 9.17) is 10.5 Å². The van der Waals surface area contributed by atoms with E-state index in [9.17, 15) is 4.79 Å². The SMILES string of the molecule is NCC1(C(=O)NCc2ccccc2CN2CCCCCC2)CCOCC1. The molecule has 0 aliphatic carbocycles. The van der Waals surface area contributed by atoms with Crippen molar-refractivity contribution >= 4 is 5.91 Å². The molecule has 3 N–H and O–H groups in total. The lowest BCUT2D eigenvalue weighted by atomic mass is 9.79. The van der Waals surface area contributed by atoms with Gasteiger partial charge in [-0.1, -0.05) is 37.1 Å². The molecule has 0 unspecified atom stereocenters. The lowest BCUT2D eigenvalue weighted by molar-refractivity contribution is -0.136. The highest BCUT2D eigenvalue weighted by atomic mass is 16.5. The number of rotatable bonds is 6. The molecule has 2 fully saturated rings. The van der Waals surface area contributed by atoms with Crippen molar-refractivity contribution in [3.8, 4) is 0 Å². The molecule has 3 rings (SSSR count). The lowest BCUT2D eigenvalue weighted by Crippen LogP contribution is -2.49. The number of benzene rings is 1. The Balaban J connectivity index is 1.61. The Bertz CT molecular complexity index is 576. The normalized spacial score (nSPS) is 21.1. The van der Waals surface area contributed by atoms with Gasteiger partial charge in [0.25, 0.3) is 0 Å². The van der Waals surface area contributed by atoms with Gasteiger partial charge in [0, 0.05) is 32.8 Å². The summed E-state index contributed by atoms with van der Waals surface area (Å²) in [4.78, 5) is 15.4. The number of nitrogens with two attached hydrogens (primary N) is 1. The van der Waals surface area contributed by atoms with Crippen LogP contribution in [-0.4, -0.2) is 43.7 Å². The van der Waals surface area contributed by atoms with Crippen molar-refractivity contribution in [3.63, 3.8) is 0 Å². The summed E-state index contributed by atoms with van der Waals surface area (Å²) in [6.45, 7) is 5.53. The van der Waals surface area contributed by atoms with Crippen LogP contribution in [0.2, 0.25) is 0 Å². The molecule has 2 heterocycles. The first-order chi connectivity index (χ1) is 12.7. The average Bonchev–Trinajstić information content (AvgIpc) is 2.96. The molecule has 0 atom stereocenters. The minimum absolute atomic E-state index is 0.0767. The van der Waals surface area contributed by atoms with E-state index in [1.54, 1.807) is 0 Å². The van der Waals surface area contributed by atoms with E-state index in [1.165, 1.54) is 49.9 Å². The Morgan fingerprint density at radius 2 is 1.73 bits per heavy atom. The predicted octanol–water partition coefficient (Wildman–Crippen LogP) is 2.43. The summed E-state index contributed by atoms with van der Waals surface area (Å²) in [5.41, 5.74) is 8.03. The molecular formula is C21H33N3O2. The van der Waals surface area contributed by atoms with Crippen LogP contribution in [0.4, 0.5) is 0 Å². The van der Waals surface area contributed by atoms with Gasteiger partial charge in [0.05, 0.1) is 5.41 Å². The van der Waals surface area contributed by atoms with E-state index in [1.807, 2.05) is 0 Å². The summed E-state index contributed by atoms with van der Waals surface area (Å²) < 4.78 is 5.41. The van der Waals surface area contributed by atoms with Gasteiger partial charge in [-0.15, -0.1) is 0 Å². The zero-order chi connectivity index (χ0) is 18.2. The molecule has 1 amide bonds. The summed E-state index contributed by atoms with van der Waals surface area (Å²) in [5.74, 6) is 0.0767. The zero-order valence-electron chi connectivity index (χ0n) is 15.8. The molecule has 1 aromatic carbocycles. The average molecular weight is 360 g/mol. The standard InChI is InChI=1S/C21H33N3O2/c22-17-21(9-13-26-14-10-21)20(25)23-15-18-7-3-4-8-19(18)16-24-11-5-1-2-6-12-24/h3-4,7-8H,1-2,5-6,9-17,22H2,(H,23,25). The maximum atomic E-state index is 12.8. The van der Waals surface area contributed by atoms with Crippen LogP contribution in [0.3, 0.4) is 0 Å². The summed E-state index contributed by atoms with van der Waals surface area (Å²) in [6, 6.07) is 8.48. The quantitative estimate of drug-likeness (QED) is 0.819. The van der Waals surface area contributed by atoms with E-state index < -0.39 is 5.41 Å². The summed E-state index contributed by atoms with van der Waals surface area (Å²) in [7, 11) is 0. The molecule has 0 spiro atoms. The Morgan fingerprint density at radius 3 is 2.38 bits per heavy atom. The Kier molecular flexibility index (Phi) is 7.06. The first-order valence-electron chi connectivity index (χ1n) is 10.1. The van der Waals surface area contributed by atoms with Crippen LogP contribution >= 0.6 is 0 Å². The van der Waals surface area contributed by atoms with Crippen molar-refractivity contribution < 1.29 is 9.53 Å². The van der Waals surface area contributed by atoms with Crippen molar-refractivity contribution in [1.82, 2.24) is 10.2 Å². The third-order valence-corrected chi connectivity index (χ3v) is 5.97. The molecule has 0 bridgehead atoms. The van der Waals surface area contributed by atoms with Crippen LogP contribution < -0.4 is 11.1 Å². The second-order valence-corrected chi connectivity index (χ2v) is 7.74. The number of ether oxygens (including phenoxy) is 1. The van der Waals surface area contributed by atoms with Crippen molar-refractivity contribution in [1.29, 1.82) is 0 Å². The molecule has 2 saturated heterocycles. The fraction of sp³-hybridized carbons (Fsp3) is 0.667. The highest BCUT2D eigenvalue weighted by Crippen LogP contribution is 2.29. The van der Waals surface area contributed by atoms with Crippen LogP contribution in [0.5, 0.6) is 0 Å². The highest BCUT2D eigenvalue weighted by molar-refractivity contribution is 5.83. The van der Waals surface area contributed by atoms with Gasteiger partial charge < -0.3 is 15.8 Å². The fourth-order valence-corrected chi connectivity index (χ4v) is 4.07. The van der Waals surface area contributed by atoms with E-state index in [0.29, 0.717) is 39.1 Å². The number of likely N-dealkylation sites (tertiary alicyclic amines) is 1. The maximum Gasteiger partial charge on any atom is 0.227 e. The maximum absolute atomic E-state index is 12.8. The zero-order valence-corrected chi connectivity index (χ0v) is 15.8. The minimum atomic E-state index is -0.460. The Morgan fingerprint density at radius 1 is 1.08 bits per heavy atom. The Labute approximate surface area is 157 Å². The largest absolute Gasteiger partial charge is 0.381 e. The molecule has 26 heavy (non-hydrogen) atoms. The number of carbonyl (C=O) groups excluding carboxylic acids is 1. The highest BCUT2D eigenvalue weighted by Gasteiger charge is 2.38. The van der Waals surface area contributed by atoms with Gasteiger partial charge in [-0.2, -0.15) is 0 Å². The lowest BCUT2D eigenvalue weighted by Gasteiger charge is -2.34. The predicted molar refractivity (Wildman–Crippen MR) is 104 cm³/mol. The number of carbonyl (C=O) groups is 1. The van der Waals surface area contributed by atoms with Crippen LogP contribution in [0.25, 0.3) is 0 Å². The number of amides is 1. The fourth-order valence-electron chi connectivity index (χ4n) is 4.07. The number of hydrogen-bond donors (Lipinski definition) is 2. The van der Waals surface area contributed by atoms with Crippen molar-refractivity contribution in [2.45, 2.75) is 51.6 Å². The van der Waals surface area contributed by atoms with Crippen LogP contribution in [0.15, 0.2) is 24.3 Å². The van der Waals surface area contributed by atoms with Gasteiger partial charge in [-0.25, -0.2) is 0 Å². The van der Waals surface area contributed by atoms with Gasteiger partial charge in [-0.05, 0) is 49.9 Å². The molecule has 5 nitrogen and oxygen atoms in total. The van der Waals surface area contributed by atoms with Crippen molar-refractivity contribution in [2.24, 2.45) is 11.1 Å². The summed E-state index contributed by atoms with van der Waals surface area (Å²) in [6.07, 6.45) is 6.70. The first kappa shape index (κ1) is 19.3. The Hall–Kier alpha value is -1.43. The molecule has 0 aromatic heterocycles. The number of nitrogens with one attached hydrogen (secondary N) is 1. The topological polar surface area (TPSA) is 67.6 Å². The molecule has 5 heteroatoms. The van der Waals surface area contributed by atoms with Gasteiger partial charge in [0.2, 0.25) is 5.91 Å². The van der Waals surface area contributed by atoms with Crippen molar-refractivity contribution in [3.05, 3.63) is 35.4 Å². The van der Waals surface area contributed by atoms with Crippen LogP contribution in [-0.2, 0) is 22.6 Å². The third kappa shape index (κ3) is 4.84. The van der Waals surface area contributed by atoms with E-state index in [0.717, 1.165) is 6.54 Å². The van der Waals surface area contributed by atoms with E-state index in [-0.39, 0.29) is 5.91 Å². The molecule has 0 saturated carbocycles. The van der Waals surface area contributed by atoms with Gasteiger partial charge in [0.1, 0.15) is 0 Å². The van der Waals surface area contributed by atoms with Gasteiger partial charge in [0.15, 0.2) is 0 Å².